The molecule has 2 nitrogen and oxygen atoms in total. The maximum Gasteiger partial charge on any atom is 0.136 e. The zero-order valence-corrected chi connectivity index (χ0v) is 9.51. The van der Waals surface area contributed by atoms with Gasteiger partial charge < -0.3 is 5.32 Å². The van der Waals surface area contributed by atoms with Gasteiger partial charge in [0.2, 0.25) is 0 Å². The number of rotatable bonds is 6. The molecule has 0 saturated heterocycles. The second-order valence-electron chi connectivity index (χ2n) is 4.66. The normalized spacial score (nSPS) is 17.9. The van der Waals surface area contributed by atoms with E-state index in [1.807, 2.05) is 0 Å². The summed E-state index contributed by atoms with van der Waals surface area (Å²) < 4.78 is 0. The summed E-state index contributed by atoms with van der Waals surface area (Å²) in [6.45, 7) is 5.26. The van der Waals surface area contributed by atoms with Crippen LogP contribution in [0.25, 0.3) is 0 Å². The molecule has 1 N–H and O–H groups in total. The van der Waals surface area contributed by atoms with Crippen LogP contribution in [0.1, 0.15) is 52.4 Å². The zero-order valence-electron chi connectivity index (χ0n) is 9.51. The lowest BCUT2D eigenvalue weighted by Gasteiger charge is -2.09. The molecule has 0 atom stereocenters. The minimum Gasteiger partial charge on any atom is -0.315 e. The minimum atomic E-state index is 0.411. The molecule has 0 spiro atoms. The molecule has 82 valence electrons. The number of hydrogen-bond acceptors (Lipinski definition) is 2. The molecule has 0 bridgehead atoms. The lowest BCUT2D eigenvalue weighted by Crippen LogP contribution is -2.24. The Labute approximate surface area is 87.5 Å². The minimum absolute atomic E-state index is 0.411. The van der Waals surface area contributed by atoms with Crippen molar-refractivity contribution in [1.82, 2.24) is 5.32 Å². The largest absolute Gasteiger partial charge is 0.315 e. The molecule has 1 aliphatic rings. The third kappa shape index (κ3) is 4.23. The fourth-order valence-electron chi connectivity index (χ4n) is 2.11. The number of hydrogen-bond donors (Lipinski definition) is 1. The van der Waals surface area contributed by atoms with Crippen molar-refractivity contribution in [3.8, 4) is 0 Å². The second kappa shape index (κ2) is 6.18. The Kier molecular flexibility index (Phi) is 5.16. The summed E-state index contributed by atoms with van der Waals surface area (Å²) in [6, 6.07) is 0.539. The summed E-state index contributed by atoms with van der Waals surface area (Å²) in [4.78, 5) is 11.7. The third-order valence-electron chi connectivity index (χ3n) is 2.96. The Hall–Kier alpha value is -0.370. The van der Waals surface area contributed by atoms with Crippen molar-refractivity contribution >= 4 is 5.78 Å². The lowest BCUT2D eigenvalue weighted by molar-refractivity contribution is -0.122. The van der Waals surface area contributed by atoms with Crippen molar-refractivity contribution in [3.63, 3.8) is 0 Å². The molecule has 14 heavy (non-hydrogen) atoms. The van der Waals surface area contributed by atoms with Crippen LogP contribution in [-0.2, 0) is 4.79 Å². The molecule has 0 aliphatic heterocycles. The van der Waals surface area contributed by atoms with Crippen molar-refractivity contribution < 1.29 is 4.79 Å². The van der Waals surface area contributed by atoms with E-state index in [0.717, 1.165) is 32.2 Å². The molecule has 0 unspecified atom stereocenters. The molecular formula is C12H23NO. The highest BCUT2D eigenvalue weighted by atomic mass is 16.1. The highest BCUT2D eigenvalue weighted by Crippen LogP contribution is 2.26. The molecule has 0 aromatic carbocycles. The summed E-state index contributed by atoms with van der Waals surface area (Å²) in [5.41, 5.74) is 0. The van der Waals surface area contributed by atoms with Crippen LogP contribution in [0.4, 0.5) is 0 Å². The van der Waals surface area contributed by atoms with Gasteiger partial charge in [-0.1, -0.05) is 26.7 Å². The van der Waals surface area contributed by atoms with Crippen LogP contribution >= 0.6 is 0 Å². The summed E-state index contributed by atoms with van der Waals surface area (Å²) in [7, 11) is 0. The van der Waals surface area contributed by atoms with Gasteiger partial charge in [0.25, 0.3) is 0 Å². The quantitative estimate of drug-likeness (QED) is 0.663. The van der Waals surface area contributed by atoms with Crippen molar-refractivity contribution in [3.05, 3.63) is 0 Å². The van der Waals surface area contributed by atoms with Crippen LogP contribution in [0.2, 0.25) is 0 Å². The molecule has 1 fully saturated rings. The fourth-order valence-corrected chi connectivity index (χ4v) is 2.11. The molecule has 0 radical (unpaired) electrons. The van der Waals surface area contributed by atoms with E-state index in [-0.39, 0.29) is 0 Å². The lowest BCUT2D eigenvalue weighted by atomic mass is 9.99. The molecular weight excluding hydrogens is 174 g/mol. The van der Waals surface area contributed by atoms with Crippen LogP contribution in [0, 0.1) is 5.92 Å². The van der Waals surface area contributed by atoms with E-state index in [0.29, 0.717) is 17.7 Å². The first-order chi connectivity index (χ1) is 6.70. The second-order valence-corrected chi connectivity index (χ2v) is 4.66. The van der Waals surface area contributed by atoms with E-state index in [1.54, 1.807) is 0 Å². The number of Topliss-reactive ketones (excluding diaryl/α,β-unsaturated/α-hetero) is 1. The summed E-state index contributed by atoms with van der Waals surface area (Å²) in [5, 5.41) is 3.34. The molecule has 0 amide bonds. The van der Waals surface area contributed by atoms with E-state index in [4.69, 9.17) is 0 Å². The Morgan fingerprint density at radius 2 is 2.00 bits per heavy atom. The Balaban J connectivity index is 2.03. The maximum absolute atomic E-state index is 11.7. The number of nitrogens with one attached hydrogen (secondary N) is 1. The van der Waals surface area contributed by atoms with Gasteiger partial charge in [0.1, 0.15) is 5.78 Å². The Bertz CT molecular complexity index is 171. The van der Waals surface area contributed by atoms with E-state index < -0.39 is 0 Å². The summed E-state index contributed by atoms with van der Waals surface area (Å²) >= 11 is 0. The van der Waals surface area contributed by atoms with Gasteiger partial charge >= 0.3 is 0 Å². The van der Waals surface area contributed by atoms with Crippen molar-refractivity contribution in [1.29, 1.82) is 0 Å². The van der Waals surface area contributed by atoms with Gasteiger partial charge in [0, 0.05) is 18.4 Å². The average molecular weight is 197 g/mol. The smallest absolute Gasteiger partial charge is 0.136 e. The standard InChI is InChI=1S/C12H23NO/c1-10(2)13-9-5-8-12(14)11-6-3-4-7-11/h10-11,13H,3-9H2,1-2H3. The van der Waals surface area contributed by atoms with Crippen molar-refractivity contribution in [2.75, 3.05) is 6.54 Å². The molecule has 0 aromatic heterocycles. The van der Waals surface area contributed by atoms with E-state index in [2.05, 4.69) is 19.2 Å². The van der Waals surface area contributed by atoms with E-state index in [1.165, 1.54) is 12.8 Å². The maximum atomic E-state index is 11.7. The topological polar surface area (TPSA) is 29.1 Å². The fraction of sp³-hybridized carbons (Fsp3) is 0.917. The SMILES string of the molecule is CC(C)NCCCC(=O)C1CCCC1. The van der Waals surface area contributed by atoms with E-state index in [9.17, 15) is 4.79 Å². The molecule has 0 heterocycles. The predicted octanol–water partition coefficient (Wildman–Crippen LogP) is 2.52. The van der Waals surface area contributed by atoms with Gasteiger partial charge in [-0.2, -0.15) is 0 Å². The van der Waals surface area contributed by atoms with Gasteiger partial charge in [-0.15, -0.1) is 0 Å². The first-order valence-electron chi connectivity index (χ1n) is 5.96. The summed E-state index contributed by atoms with van der Waals surface area (Å²) in [5.74, 6) is 0.919. The molecule has 1 aliphatic carbocycles. The van der Waals surface area contributed by atoms with Crippen LogP contribution in [0.15, 0.2) is 0 Å². The van der Waals surface area contributed by atoms with Crippen LogP contribution in [0.5, 0.6) is 0 Å². The predicted molar refractivity (Wildman–Crippen MR) is 59.3 cm³/mol. The molecule has 0 aromatic rings. The third-order valence-corrected chi connectivity index (χ3v) is 2.96. The Morgan fingerprint density at radius 3 is 2.57 bits per heavy atom. The van der Waals surface area contributed by atoms with Gasteiger partial charge in [-0.3, -0.25) is 4.79 Å². The molecule has 1 saturated carbocycles. The van der Waals surface area contributed by atoms with Crippen molar-refractivity contribution in [2.24, 2.45) is 5.92 Å². The van der Waals surface area contributed by atoms with E-state index >= 15 is 0 Å². The van der Waals surface area contributed by atoms with Gasteiger partial charge in [-0.05, 0) is 25.8 Å². The van der Waals surface area contributed by atoms with Crippen LogP contribution in [-0.4, -0.2) is 18.4 Å². The van der Waals surface area contributed by atoms with Crippen molar-refractivity contribution in [2.45, 2.75) is 58.4 Å². The highest BCUT2D eigenvalue weighted by molar-refractivity contribution is 5.81. The number of ketones is 1. The first kappa shape index (κ1) is 11.7. The van der Waals surface area contributed by atoms with Gasteiger partial charge in [0.05, 0.1) is 0 Å². The van der Waals surface area contributed by atoms with Crippen LogP contribution < -0.4 is 5.32 Å². The number of carbonyl (C=O) groups excluding carboxylic acids is 1. The monoisotopic (exact) mass is 197 g/mol. The molecule has 2 heteroatoms. The van der Waals surface area contributed by atoms with Gasteiger partial charge in [0.15, 0.2) is 0 Å². The zero-order chi connectivity index (χ0) is 10.4. The first-order valence-corrected chi connectivity index (χ1v) is 5.96. The summed E-state index contributed by atoms with van der Waals surface area (Å²) in [6.07, 6.45) is 6.62. The van der Waals surface area contributed by atoms with Gasteiger partial charge in [-0.25, -0.2) is 0 Å². The Morgan fingerprint density at radius 1 is 1.36 bits per heavy atom. The van der Waals surface area contributed by atoms with Crippen LogP contribution in [0.3, 0.4) is 0 Å². The molecule has 1 rings (SSSR count). The highest BCUT2D eigenvalue weighted by Gasteiger charge is 2.21. The number of carbonyl (C=O) groups is 1. The average Bonchev–Trinajstić information content (AvgIpc) is 2.64.